The van der Waals surface area contributed by atoms with Crippen LogP contribution in [0.5, 0.6) is 0 Å². The average Bonchev–Trinajstić information content (AvgIpc) is 3.32. The van der Waals surface area contributed by atoms with Crippen LogP contribution < -0.4 is 24.8 Å². The van der Waals surface area contributed by atoms with Crippen molar-refractivity contribution in [2.24, 2.45) is 0 Å². The minimum atomic E-state index is 0. The van der Waals surface area contributed by atoms with Crippen molar-refractivity contribution in [2.75, 3.05) is 0 Å². The number of benzene rings is 2. The minimum absolute atomic E-state index is 0. The third kappa shape index (κ3) is 5.05. The Labute approximate surface area is 197 Å². The van der Waals surface area contributed by atoms with E-state index in [9.17, 15) is 0 Å². The van der Waals surface area contributed by atoms with Gasteiger partial charge in [0.25, 0.3) is 0 Å². The zero-order chi connectivity index (χ0) is 17.2. The Morgan fingerprint density at radius 2 is 1.39 bits per heavy atom. The van der Waals surface area contributed by atoms with Gasteiger partial charge in [-0.2, -0.15) is 17.7 Å². The summed E-state index contributed by atoms with van der Waals surface area (Å²) in [5.74, 6) is 0. The molecule has 0 N–H and O–H groups in total. The molecule has 0 bridgehead atoms. The van der Waals surface area contributed by atoms with Gasteiger partial charge in [0.05, 0.1) is 5.52 Å². The number of hydrogen-bond donors (Lipinski definition) is 0. The first kappa shape index (κ1) is 24.4. The first-order valence-electron chi connectivity index (χ1n) is 8.63. The Kier molecular flexibility index (Phi) is 9.43. The van der Waals surface area contributed by atoms with Crippen molar-refractivity contribution in [3.8, 4) is 5.69 Å². The monoisotopic (exact) mass is 573 g/mol. The van der Waals surface area contributed by atoms with Gasteiger partial charge in [-0.1, -0.05) is 31.2 Å². The van der Waals surface area contributed by atoms with Crippen LogP contribution in [0.15, 0.2) is 91.0 Å². The zero-order valence-electron chi connectivity index (χ0n) is 15.9. The van der Waals surface area contributed by atoms with Gasteiger partial charge in [0.15, 0.2) is 0 Å². The van der Waals surface area contributed by atoms with Gasteiger partial charge < -0.3 is 29.4 Å². The molecule has 0 saturated carbocycles. The van der Waals surface area contributed by atoms with Gasteiger partial charge in [-0.3, -0.25) is 0 Å². The standard InChI is InChI=1S/C18H14N.C6H7.2ClH.Hf/c1-13-10-16-8-4-5-9-18(16)19(13)17-11-14-6-2-3-7-15(14)12-17;1-6-4-2-3-5-6;;;/h2-12H,1H3;2-5H,1H3;2*1H;/q2*-1;;;+4/p-2. The number of rotatable bonds is 1. The van der Waals surface area contributed by atoms with Crippen molar-refractivity contribution < 1.29 is 50.7 Å². The van der Waals surface area contributed by atoms with E-state index in [2.05, 4.69) is 97.3 Å². The second-order valence-electron chi connectivity index (χ2n) is 6.48. The Hall–Kier alpha value is -1.61. The van der Waals surface area contributed by atoms with E-state index in [-0.39, 0.29) is 50.7 Å². The molecule has 140 valence electrons. The molecular formula is C24H21Cl2HfN. The average molecular weight is 573 g/mol. The van der Waals surface area contributed by atoms with E-state index in [4.69, 9.17) is 0 Å². The summed E-state index contributed by atoms with van der Waals surface area (Å²) in [6, 6.07) is 32.1. The summed E-state index contributed by atoms with van der Waals surface area (Å²) < 4.78 is 2.33. The molecule has 4 aromatic carbocycles. The Bertz CT molecular complexity index is 1090. The SMILES string of the molecule is C[c-]1cccc1.Cc1cc2ccccc2n1-c1cc2ccccc2[cH-]1.[Cl-].[Cl-].[Hf+4]. The van der Waals surface area contributed by atoms with Crippen LogP contribution in [0, 0.1) is 13.8 Å². The fraction of sp³-hybridized carbons (Fsp3) is 0.0833. The molecule has 0 radical (unpaired) electrons. The molecule has 0 amide bonds. The van der Waals surface area contributed by atoms with Gasteiger partial charge in [0.2, 0.25) is 0 Å². The van der Waals surface area contributed by atoms with E-state index in [1.807, 2.05) is 12.1 Å². The first-order chi connectivity index (χ1) is 12.2. The summed E-state index contributed by atoms with van der Waals surface area (Å²) in [5.41, 5.74) is 5.14. The van der Waals surface area contributed by atoms with E-state index in [0.717, 1.165) is 0 Å². The van der Waals surface area contributed by atoms with Crippen molar-refractivity contribution in [1.29, 1.82) is 0 Å². The summed E-state index contributed by atoms with van der Waals surface area (Å²) in [6.45, 7) is 4.25. The van der Waals surface area contributed by atoms with Gasteiger partial charge in [-0.15, -0.1) is 41.1 Å². The predicted octanol–water partition coefficient (Wildman–Crippen LogP) is 0.530. The van der Waals surface area contributed by atoms with Crippen LogP contribution in [0.25, 0.3) is 27.4 Å². The molecule has 28 heavy (non-hydrogen) atoms. The fourth-order valence-corrected chi connectivity index (χ4v) is 3.37. The molecule has 0 atom stereocenters. The molecule has 0 aliphatic carbocycles. The molecule has 4 heteroatoms. The van der Waals surface area contributed by atoms with Gasteiger partial charge in [-0.25, -0.2) is 12.1 Å². The normalized spacial score (nSPS) is 9.64. The van der Waals surface area contributed by atoms with E-state index in [0.29, 0.717) is 0 Å². The second kappa shape index (κ2) is 10.8. The van der Waals surface area contributed by atoms with E-state index in [1.54, 1.807) is 0 Å². The second-order valence-corrected chi connectivity index (χ2v) is 6.48. The summed E-state index contributed by atoms with van der Waals surface area (Å²) in [7, 11) is 0. The van der Waals surface area contributed by atoms with Crippen molar-refractivity contribution in [3.05, 3.63) is 102 Å². The Morgan fingerprint density at radius 3 is 2.00 bits per heavy atom. The Balaban J connectivity index is 0.000000380. The molecule has 0 saturated heterocycles. The summed E-state index contributed by atoms with van der Waals surface area (Å²) in [5, 5.41) is 3.90. The molecule has 0 fully saturated rings. The number of halogens is 2. The van der Waals surface area contributed by atoms with Crippen LogP contribution in [0.2, 0.25) is 0 Å². The zero-order valence-corrected chi connectivity index (χ0v) is 21.0. The number of fused-ring (bicyclic) bond motifs is 2. The van der Waals surface area contributed by atoms with Crippen molar-refractivity contribution in [2.45, 2.75) is 13.8 Å². The number of aromatic nitrogens is 1. The number of nitrogens with zero attached hydrogens (tertiary/aromatic N) is 1. The maximum Gasteiger partial charge on any atom is 4.00 e. The van der Waals surface area contributed by atoms with Crippen LogP contribution in [0.3, 0.4) is 0 Å². The van der Waals surface area contributed by atoms with E-state index >= 15 is 0 Å². The molecule has 5 rings (SSSR count). The van der Waals surface area contributed by atoms with Crippen LogP contribution in [0.4, 0.5) is 0 Å². The van der Waals surface area contributed by atoms with Gasteiger partial charge >= 0.3 is 25.8 Å². The van der Waals surface area contributed by atoms with Crippen molar-refractivity contribution in [1.82, 2.24) is 4.57 Å². The molecule has 1 nitrogen and oxygen atoms in total. The van der Waals surface area contributed by atoms with Gasteiger partial charge in [0, 0.05) is 11.1 Å². The third-order valence-electron chi connectivity index (χ3n) is 4.59. The van der Waals surface area contributed by atoms with Gasteiger partial charge in [0.1, 0.15) is 0 Å². The third-order valence-corrected chi connectivity index (χ3v) is 4.59. The molecule has 0 spiro atoms. The molecular weight excluding hydrogens is 552 g/mol. The van der Waals surface area contributed by atoms with Crippen LogP contribution in [-0.4, -0.2) is 4.57 Å². The molecule has 1 aromatic heterocycles. The predicted molar refractivity (Wildman–Crippen MR) is 108 cm³/mol. The van der Waals surface area contributed by atoms with Crippen molar-refractivity contribution in [3.63, 3.8) is 0 Å². The maximum absolute atomic E-state index is 2.33. The minimum Gasteiger partial charge on any atom is -1.00 e. The number of para-hydroxylation sites is 1. The summed E-state index contributed by atoms with van der Waals surface area (Å²) in [4.78, 5) is 0. The van der Waals surface area contributed by atoms with Gasteiger partial charge in [-0.05, 0) is 24.7 Å². The van der Waals surface area contributed by atoms with Crippen molar-refractivity contribution >= 4 is 21.7 Å². The molecule has 0 unspecified atom stereocenters. The summed E-state index contributed by atoms with van der Waals surface area (Å²) in [6.07, 6.45) is 0. The maximum atomic E-state index is 2.33. The number of hydrogen-bond acceptors (Lipinski definition) is 0. The van der Waals surface area contributed by atoms with Crippen LogP contribution in [0.1, 0.15) is 11.3 Å². The molecule has 1 heterocycles. The Morgan fingerprint density at radius 1 is 0.786 bits per heavy atom. The number of aryl methyl sites for hydroxylation is 2. The largest absolute Gasteiger partial charge is 4.00 e. The molecule has 0 aliphatic heterocycles. The first-order valence-corrected chi connectivity index (χ1v) is 8.63. The molecule has 5 aromatic rings. The summed E-state index contributed by atoms with van der Waals surface area (Å²) >= 11 is 0. The van der Waals surface area contributed by atoms with E-state index in [1.165, 1.54) is 38.6 Å². The fourth-order valence-electron chi connectivity index (χ4n) is 3.37. The topological polar surface area (TPSA) is 4.93 Å². The quantitative estimate of drug-likeness (QED) is 0.204. The smallest absolute Gasteiger partial charge is 1.00 e. The molecule has 0 aliphatic rings. The van der Waals surface area contributed by atoms with E-state index < -0.39 is 0 Å². The van der Waals surface area contributed by atoms with Crippen LogP contribution in [-0.2, 0) is 25.8 Å². The van der Waals surface area contributed by atoms with Crippen LogP contribution >= 0.6 is 0 Å².